The fourth-order valence-electron chi connectivity index (χ4n) is 2.95. The van der Waals surface area contributed by atoms with E-state index < -0.39 is 0 Å². The second kappa shape index (κ2) is 10.1. The van der Waals surface area contributed by atoms with Crippen molar-refractivity contribution in [3.8, 4) is 11.5 Å². The first-order chi connectivity index (χ1) is 15.5. The van der Waals surface area contributed by atoms with Crippen molar-refractivity contribution in [1.29, 1.82) is 0 Å². The second-order valence-electron chi connectivity index (χ2n) is 6.77. The van der Waals surface area contributed by atoms with Crippen LogP contribution >= 0.6 is 35.0 Å². The molecule has 4 rings (SSSR count). The SMILES string of the molecule is COc1cc(/C=C2\SC(=Nc3ccccc3)NC2=O)cc(Cl)c1OCc1ccc(Cl)cc1. The molecule has 5 nitrogen and oxygen atoms in total. The smallest absolute Gasteiger partial charge is 0.264 e. The van der Waals surface area contributed by atoms with Crippen LogP contribution in [0.25, 0.3) is 6.08 Å². The van der Waals surface area contributed by atoms with E-state index in [1.54, 1.807) is 37.5 Å². The molecule has 0 aromatic heterocycles. The summed E-state index contributed by atoms with van der Waals surface area (Å²) in [6, 6.07) is 20.3. The number of carbonyl (C=O) groups is 1. The molecule has 1 fully saturated rings. The molecule has 1 saturated heterocycles. The van der Waals surface area contributed by atoms with Gasteiger partial charge >= 0.3 is 0 Å². The number of hydrogen-bond donors (Lipinski definition) is 1. The normalized spacial score (nSPS) is 15.8. The third kappa shape index (κ3) is 5.46. The largest absolute Gasteiger partial charge is 0.493 e. The van der Waals surface area contributed by atoms with Crippen LogP contribution in [0.15, 0.2) is 76.6 Å². The summed E-state index contributed by atoms with van der Waals surface area (Å²) in [6.45, 7) is 0.311. The Labute approximate surface area is 200 Å². The number of rotatable bonds is 6. The Hall–Kier alpha value is -2.93. The van der Waals surface area contributed by atoms with Gasteiger partial charge < -0.3 is 14.8 Å². The molecule has 0 aliphatic carbocycles. The van der Waals surface area contributed by atoms with Gasteiger partial charge in [0.05, 0.1) is 22.7 Å². The number of ether oxygens (including phenoxy) is 2. The molecule has 1 aliphatic rings. The van der Waals surface area contributed by atoms with Crippen LogP contribution < -0.4 is 14.8 Å². The summed E-state index contributed by atoms with van der Waals surface area (Å²) in [5.74, 6) is 0.684. The predicted octanol–water partition coefficient (Wildman–Crippen LogP) is 6.47. The van der Waals surface area contributed by atoms with Gasteiger partial charge in [-0.3, -0.25) is 4.79 Å². The van der Waals surface area contributed by atoms with E-state index in [2.05, 4.69) is 10.3 Å². The molecule has 1 N–H and O–H groups in total. The van der Waals surface area contributed by atoms with E-state index in [1.165, 1.54) is 11.8 Å². The molecule has 162 valence electrons. The van der Waals surface area contributed by atoms with E-state index >= 15 is 0 Å². The molecule has 1 amide bonds. The van der Waals surface area contributed by atoms with Crippen LogP contribution in [0.4, 0.5) is 5.69 Å². The molecule has 0 radical (unpaired) electrons. The molecule has 0 saturated carbocycles. The van der Waals surface area contributed by atoms with Crippen molar-refractivity contribution >= 4 is 57.8 Å². The van der Waals surface area contributed by atoms with Gasteiger partial charge in [0.15, 0.2) is 16.7 Å². The highest BCUT2D eigenvalue weighted by molar-refractivity contribution is 8.18. The van der Waals surface area contributed by atoms with Crippen molar-refractivity contribution < 1.29 is 14.3 Å². The van der Waals surface area contributed by atoms with Gasteiger partial charge in [0, 0.05) is 5.02 Å². The van der Waals surface area contributed by atoms with Crippen molar-refractivity contribution in [2.24, 2.45) is 4.99 Å². The van der Waals surface area contributed by atoms with Crippen molar-refractivity contribution in [1.82, 2.24) is 5.32 Å². The van der Waals surface area contributed by atoms with Crippen molar-refractivity contribution in [2.45, 2.75) is 6.61 Å². The first-order valence-corrected chi connectivity index (χ1v) is 11.2. The van der Waals surface area contributed by atoms with Gasteiger partial charge in [-0.2, -0.15) is 0 Å². The monoisotopic (exact) mass is 484 g/mol. The van der Waals surface area contributed by atoms with E-state index in [0.717, 1.165) is 11.3 Å². The van der Waals surface area contributed by atoms with Crippen LogP contribution in [0.2, 0.25) is 10.0 Å². The maximum Gasteiger partial charge on any atom is 0.264 e. The van der Waals surface area contributed by atoms with Crippen molar-refractivity contribution in [3.63, 3.8) is 0 Å². The maximum atomic E-state index is 12.4. The number of benzene rings is 3. The Kier molecular flexibility index (Phi) is 7.05. The average molecular weight is 485 g/mol. The van der Waals surface area contributed by atoms with Gasteiger partial charge in [0.1, 0.15) is 6.61 Å². The standard InChI is InChI=1S/C24H18Cl2N2O3S/c1-30-20-12-16(11-19(26)22(20)31-14-15-7-9-17(25)10-8-15)13-21-23(29)28-24(32-21)27-18-5-3-2-4-6-18/h2-13H,14H2,1H3,(H,27,28,29)/b21-13-. The lowest BCUT2D eigenvalue weighted by molar-refractivity contribution is -0.115. The number of amidine groups is 1. The van der Waals surface area contributed by atoms with Gasteiger partial charge in [-0.05, 0) is 65.4 Å². The zero-order chi connectivity index (χ0) is 22.5. The minimum Gasteiger partial charge on any atom is -0.493 e. The summed E-state index contributed by atoms with van der Waals surface area (Å²) in [6.07, 6.45) is 1.74. The third-order valence-electron chi connectivity index (χ3n) is 4.48. The zero-order valence-electron chi connectivity index (χ0n) is 17.0. The summed E-state index contributed by atoms with van der Waals surface area (Å²) >= 11 is 13.7. The number of amides is 1. The molecule has 3 aromatic carbocycles. The highest BCUT2D eigenvalue weighted by Crippen LogP contribution is 2.38. The van der Waals surface area contributed by atoms with Crippen LogP contribution in [0.3, 0.4) is 0 Å². The van der Waals surface area contributed by atoms with Gasteiger partial charge in [-0.15, -0.1) is 0 Å². The molecular weight excluding hydrogens is 467 g/mol. The van der Waals surface area contributed by atoms with E-state index in [-0.39, 0.29) is 5.91 Å². The number of aliphatic imine (C=N–C) groups is 1. The summed E-state index contributed by atoms with van der Waals surface area (Å²) in [5, 5.41) is 4.34. The number of halogens is 2. The van der Waals surface area contributed by atoms with Gasteiger partial charge in [0.25, 0.3) is 5.91 Å². The molecule has 1 aliphatic heterocycles. The molecule has 0 unspecified atom stereocenters. The van der Waals surface area contributed by atoms with Crippen LogP contribution in [0, 0.1) is 0 Å². The van der Waals surface area contributed by atoms with Crippen molar-refractivity contribution in [3.05, 3.63) is 92.8 Å². The van der Waals surface area contributed by atoms with E-state index in [0.29, 0.717) is 43.8 Å². The predicted molar refractivity (Wildman–Crippen MR) is 131 cm³/mol. The van der Waals surface area contributed by atoms with Crippen LogP contribution in [-0.4, -0.2) is 18.2 Å². The Morgan fingerprint density at radius 1 is 1.06 bits per heavy atom. The lowest BCUT2D eigenvalue weighted by Gasteiger charge is -2.13. The first kappa shape index (κ1) is 22.3. The van der Waals surface area contributed by atoms with Gasteiger partial charge in [0.2, 0.25) is 0 Å². The summed E-state index contributed by atoms with van der Waals surface area (Å²) in [5.41, 5.74) is 2.43. The highest BCUT2D eigenvalue weighted by Gasteiger charge is 2.24. The average Bonchev–Trinajstić information content (AvgIpc) is 3.12. The van der Waals surface area contributed by atoms with Crippen molar-refractivity contribution in [2.75, 3.05) is 7.11 Å². The fraction of sp³-hybridized carbons (Fsp3) is 0.0833. The molecule has 32 heavy (non-hydrogen) atoms. The quantitative estimate of drug-likeness (QED) is 0.407. The zero-order valence-corrected chi connectivity index (χ0v) is 19.3. The number of nitrogens with zero attached hydrogens (tertiary/aromatic N) is 1. The number of hydrogen-bond acceptors (Lipinski definition) is 5. The molecule has 1 heterocycles. The number of nitrogens with one attached hydrogen (secondary N) is 1. The van der Waals surface area contributed by atoms with Crippen LogP contribution in [-0.2, 0) is 11.4 Å². The molecule has 3 aromatic rings. The number of carbonyl (C=O) groups excluding carboxylic acids is 1. The molecule has 0 bridgehead atoms. The first-order valence-electron chi connectivity index (χ1n) is 9.61. The number of methoxy groups -OCH3 is 1. The van der Waals surface area contributed by atoms with Crippen LogP contribution in [0.1, 0.15) is 11.1 Å². The lowest BCUT2D eigenvalue weighted by Crippen LogP contribution is -2.19. The minimum absolute atomic E-state index is 0.220. The van der Waals surface area contributed by atoms with Crippen LogP contribution in [0.5, 0.6) is 11.5 Å². The Balaban J connectivity index is 1.53. The molecule has 0 spiro atoms. The van der Waals surface area contributed by atoms with Gasteiger partial charge in [-0.25, -0.2) is 4.99 Å². The Bertz CT molecular complexity index is 1200. The van der Waals surface area contributed by atoms with E-state index in [9.17, 15) is 4.79 Å². The molecule has 0 atom stereocenters. The minimum atomic E-state index is -0.220. The Morgan fingerprint density at radius 2 is 1.81 bits per heavy atom. The Morgan fingerprint density at radius 3 is 2.53 bits per heavy atom. The lowest BCUT2D eigenvalue weighted by atomic mass is 10.1. The molecule has 8 heteroatoms. The highest BCUT2D eigenvalue weighted by atomic mass is 35.5. The maximum absolute atomic E-state index is 12.4. The van der Waals surface area contributed by atoms with E-state index in [4.69, 9.17) is 32.7 Å². The number of para-hydroxylation sites is 1. The summed E-state index contributed by atoms with van der Waals surface area (Å²) in [4.78, 5) is 17.3. The third-order valence-corrected chi connectivity index (χ3v) is 5.93. The topological polar surface area (TPSA) is 59.9 Å². The summed E-state index contributed by atoms with van der Waals surface area (Å²) in [7, 11) is 1.54. The van der Waals surface area contributed by atoms with E-state index in [1.807, 2.05) is 42.5 Å². The number of thioether (sulfide) groups is 1. The second-order valence-corrected chi connectivity index (χ2v) is 8.64. The summed E-state index contributed by atoms with van der Waals surface area (Å²) < 4.78 is 11.4. The fourth-order valence-corrected chi connectivity index (χ4v) is 4.19. The van der Waals surface area contributed by atoms with Gasteiger partial charge in [-0.1, -0.05) is 53.5 Å². The molecular formula is C24H18Cl2N2O3S.